The minimum absolute atomic E-state index is 0.0685. The minimum Gasteiger partial charge on any atom is -0.350 e. The van der Waals surface area contributed by atoms with Gasteiger partial charge in [-0.2, -0.15) is 0 Å². The highest BCUT2D eigenvalue weighted by Gasteiger charge is 2.12. The van der Waals surface area contributed by atoms with Crippen LogP contribution in [0.2, 0.25) is 4.47 Å². The van der Waals surface area contributed by atoms with Crippen LogP contribution >= 0.6 is 22.9 Å². The van der Waals surface area contributed by atoms with E-state index in [4.69, 9.17) is 11.6 Å². The molecule has 110 valence electrons. The topological polar surface area (TPSA) is 84.0 Å². The van der Waals surface area contributed by atoms with Crippen molar-refractivity contribution in [2.24, 2.45) is 0 Å². The van der Waals surface area contributed by atoms with E-state index in [1.165, 1.54) is 0 Å². The summed E-state index contributed by atoms with van der Waals surface area (Å²) >= 11 is 6.62. The Morgan fingerprint density at radius 1 is 1.14 bits per heavy atom. The molecule has 1 heterocycles. The largest absolute Gasteiger partial charge is 0.350 e. The first-order valence-electron chi connectivity index (χ1n) is 6.17. The average Bonchev–Trinajstić information content (AvgIpc) is 2.85. The van der Waals surface area contributed by atoms with Crippen LogP contribution in [0.1, 0.15) is 34.0 Å². The Balaban J connectivity index is 2.02. The maximum Gasteiger partial charge on any atom is 0.286 e. The fourth-order valence-electron chi connectivity index (χ4n) is 1.53. The molecule has 0 aliphatic rings. The van der Waals surface area contributed by atoms with Crippen molar-refractivity contribution < 1.29 is 9.59 Å². The van der Waals surface area contributed by atoms with Crippen molar-refractivity contribution in [3.05, 3.63) is 39.3 Å². The molecule has 8 heteroatoms. The Morgan fingerprint density at radius 3 is 2.33 bits per heavy atom. The summed E-state index contributed by atoms with van der Waals surface area (Å²) in [5, 5.41) is 12.8. The summed E-state index contributed by atoms with van der Waals surface area (Å²) in [6.45, 7) is 3.78. The predicted octanol–water partition coefficient (Wildman–Crippen LogP) is 2.58. The molecule has 0 spiro atoms. The van der Waals surface area contributed by atoms with Gasteiger partial charge in [0.1, 0.15) is 0 Å². The lowest BCUT2D eigenvalue weighted by molar-refractivity contribution is 0.0942. The zero-order valence-electron chi connectivity index (χ0n) is 11.4. The quantitative estimate of drug-likeness (QED) is 0.905. The highest BCUT2D eigenvalue weighted by molar-refractivity contribution is 7.17. The van der Waals surface area contributed by atoms with Gasteiger partial charge < -0.3 is 10.6 Å². The Hall–Kier alpha value is -1.99. The molecule has 1 aromatic carbocycles. The number of halogens is 1. The van der Waals surface area contributed by atoms with E-state index in [0.29, 0.717) is 11.3 Å². The number of aromatic nitrogens is 2. The first-order valence-corrected chi connectivity index (χ1v) is 7.36. The molecular weight excluding hydrogens is 312 g/mol. The normalized spacial score (nSPS) is 10.5. The monoisotopic (exact) mass is 324 g/mol. The zero-order chi connectivity index (χ0) is 15.4. The summed E-state index contributed by atoms with van der Waals surface area (Å²) in [7, 11) is 0. The molecule has 0 bridgehead atoms. The summed E-state index contributed by atoms with van der Waals surface area (Å²) in [6.07, 6.45) is 0. The maximum absolute atomic E-state index is 11.9. The van der Waals surface area contributed by atoms with E-state index in [9.17, 15) is 9.59 Å². The SMILES string of the molecule is CC(C)NC(=O)c1ccc(NC(=O)c2nnc(Cl)s2)cc1. The molecule has 2 amide bonds. The van der Waals surface area contributed by atoms with Crippen LogP contribution in [-0.2, 0) is 0 Å². The summed E-state index contributed by atoms with van der Waals surface area (Å²) in [4.78, 5) is 23.6. The van der Waals surface area contributed by atoms with Crippen LogP contribution in [0.5, 0.6) is 0 Å². The lowest BCUT2D eigenvalue weighted by atomic mass is 10.2. The number of benzene rings is 1. The summed E-state index contributed by atoms with van der Waals surface area (Å²) in [5.41, 5.74) is 1.09. The fourth-order valence-corrected chi connectivity index (χ4v) is 2.26. The number of amides is 2. The van der Waals surface area contributed by atoms with Gasteiger partial charge in [0.2, 0.25) is 9.47 Å². The number of carbonyl (C=O) groups excluding carboxylic acids is 2. The van der Waals surface area contributed by atoms with E-state index in [2.05, 4.69) is 20.8 Å². The Morgan fingerprint density at radius 2 is 1.81 bits per heavy atom. The third kappa shape index (κ3) is 4.24. The third-order valence-electron chi connectivity index (χ3n) is 2.42. The van der Waals surface area contributed by atoms with Gasteiger partial charge in [-0.3, -0.25) is 9.59 Å². The molecule has 0 unspecified atom stereocenters. The molecule has 2 N–H and O–H groups in total. The lowest BCUT2D eigenvalue weighted by Crippen LogP contribution is -2.30. The second-order valence-electron chi connectivity index (χ2n) is 4.52. The van der Waals surface area contributed by atoms with Crippen molar-refractivity contribution in [1.29, 1.82) is 0 Å². The molecule has 0 saturated heterocycles. The predicted molar refractivity (Wildman–Crippen MR) is 81.9 cm³/mol. The van der Waals surface area contributed by atoms with Crippen molar-refractivity contribution in [3.8, 4) is 0 Å². The highest BCUT2D eigenvalue weighted by atomic mass is 35.5. The van der Waals surface area contributed by atoms with Gasteiger partial charge in [0, 0.05) is 17.3 Å². The molecule has 21 heavy (non-hydrogen) atoms. The maximum atomic E-state index is 11.9. The number of hydrogen-bond acceptors (Lipinski definition) is 5. The Labute approximate surface area is 130 Å². The van der Waals surface area contributed by atoms with Gasteiger partial charge in [-0.25, -0.2) is 0 Å². The van der Waals surface area contributed by atoms with Crippen LogP contribution in [0.4, 0.5) is 5.69 Å². The second kappa shape index (κ2) is 6.64. The number of rotatable bonds is 4. The van der Waals surface area contributed by atoms with Crippen LogP contribution in [0.25, 0.3) is 0 Å². The molecule has 0 saturated carbocycles. The second-order valence-corrected chi connectivity index (χ2v) is 6.08. The van der Waals surface area contributed by atoms with Gasteiger partial charge in [0.05, 0.1) is 0 Å². The van der Waals surface area contributed by atoms with Crippen molar-refractivity contribution in [2.75, 3.05) is 5.32 Å². The number of nitrogens with zero attached hydrogens (tertiary/aromatic N) is 2. The molecule has 6 nitrogen and oxygen atoms in total. The smallest absolute Gasteiger partial charge is 0.286 e. The lowest BCUT2D eigenvalue weighted by Gasteiger charge is -2.09. The van der Waals surface area contributed by atoms with E-state index in [-0.39, 0.29) is 21.4 Å². The first-order chi connectivity index (χ1) is 9.95. The third-order valence-corrected chi connectivity index (χ3v) is 3.44. The van der Waals surface area contributed by atoms with E-state index in [1.54, 1.807) is 24.3 Å². The van der Waals surface area contributed by atoms with Gasteiger partial charge in [-0.05, 0) is 49.7 Å². The fraction of sp³-hybridized carbons (Fsp3) is 0.231. The van der Waals surface area contributed by atoms with E-state index in [1.807, 2.05) is 13.8 Å². The van der Waals surface area contributed by atoms with Gasteiger partial charge in [0.15, 0.2) is 0 Å². The van der Waals surface area contributed by atoms with Crippen molar-refractivity contribution in [3.63, 3.8) is 0 Å². The van der Waals surface area contributed by atoms with Crippen molar-refractivity contribution in [2.45, 2.75) is 19.9 Å². The Bertz CT molecular complexity index is 654. The number of hydrogen-bond donors (Lipinski definition) is 2. The van der Waals surface area contributed by atoms with Crippen molar-refractivity contribution in [1.82, 2.24) is 15.5 Å². The van der Waals surface area contributed by atoms with Gasteiger partial charge >= 0.3 is 0 Å². The zero-order valence-corrected chi connectivity index (χ0v) is 13.0. The molecule has 2 aromatic rings. The molecule has 1 aromatic heterocycles. The van der Waals surface area contributed by atoms with Gasteiger partial charge in [-0.15, -0.1) is 10.2 Å². The average molecular weight is 325 g/mol. The minimum atomic E-state index is -0.390. The van der Waals surface area contributed by atoms with Crippen LogP contribution in [0.3, 0.4) is 0 Å². The molecule has 0 fully saturated rings. The highest BCUT2D eigenvalue weighted by Crippen LogP contribution is 2.17. The van der Waals surface area contributed by atoms with Gasteiger partial charge in [-0.1, -0.05) is 11.3 Å². The Kier molecular flexibility index (Phi) is 4.87. The summed E-state index contributed by atoms with van der Waals surface area (Å²) < 4.78 is 0.209. The van der Waals surface area contributed by atoms with E-state index >= 15 is 0 Å². The van der Waals surface area contributed by atoms with E-state index < -0.39 is 5.91 Å². The molecule has 0 radical (unpaired) electrons. The summed E-state index contributed by atoms with van der Waals surface area (Å²) in [6, 6.07) is 6.64. The summed E-state index contributed by atoms with van der Waals surface area (Å²) in [5.74, 6) is -0.544. The van der Waals surface area contributed by atoms with Gasteiger partial charge in [0.25, 0.3) is 11.8 Å². The molecule has 0 atom stereocenters. The number of carbonyl (C=O) groups is 2. The molecule has 0 aliphatic heterocycles. The van der Waals surface area contributed by atoms with Crippen LogP contribution in [0.15, 0.2) is 24.3 Å². The molecular formula is C13H13ClN4O2S. The van der Waals surface area contributed by atoms with Crippen LogP contribution in [-0.4, -0.2) is 28.1 Å². The van der Waals surface area contributed by atoms with E-state index in [0.717, 1.165) is 11.3 Å². The molecule has 0 aliphatic carbocycles. The number of nitrogens with one attached hydrogen (secondary N) is 2. The molecule has 2 rings (SSSR count). The number of anilines is 1. The van der Waals surface area contributed by atoms with Crippen molar-refractivity contribution >= 4 is 40.4 Å². The van der Waals surface area contributed by atoms with Crippen LogP contribution < -0.4 is 10.6 Å². The first kappa shape index (κ1) is 15.4. The van der Waals surface area contributed by atoms with Crippen LogP contribution in [0, 0.1) is 0 Å². The standard InChI is InChI=1S/C13H13ClN4O2S/c1-7(2)15-10(19)8-3-5-9(6-4-8)16-11(20)12-17-18-13(14)21-12/h3-7H,1-2H3,(H,15,19)(H,16,20).